The summed E-state index contributed by atoms with van der Waals surface area (Å²) in [4.78, 5) is 11.9. The van der Waals surface area contributed by atoms with Gasteiger partial charge in [0.2, 0.25) is 5.91 Å². The van der Waals surface area contributed by atoms with E-state index in [1.54, 1.807) is 0 Å². The van der Waals surface area contributed by atoms with Gasteiger partial charge in [0.15, 0.2) is 0 Å². The molecule has 0 aromatic heterocycles. The van der Waals surface area contributed by atoms with Crippen molar-refractivity contribution in [3.63, 3.8) is 0 Å². The summed E-state index contributed by atoms with van der Waals surface area (Å²) in [5, 5.41) is 2.91. The number of benzene rings is 1. The number of hydrogen-bond acceptors (Lipinski definition) is 2. The predicted molar refractivity (Wildman–Crippen MR) is 79.4 cm³/mol. The molecule has 0 saturated heterocycles. The van der Waals surface area contributed by atoms with Gasteiger partial charge in [0, 0.05) is 10.9 Å². The van der Waals surface area contributed by atoms with Crippen molar-refractivity contribution in [1.82, 2.24) is 0 Å². The molecule has 1 rings (SSSR count). The van der Waals surface area contributed by atoms with E-state index in [-0.39, 0.29) is 11.8 Å². The summed E-state index contributed by atoms with van der Waals surface area (Å²) in [5.74, 6) is 0.847. The summed E-state index contributed by atoms with van der Waals surface area (Å²) in [6.45, 7) is 4.85. The van der Waals surface area contributed by atoms with E-state index in [1.165, 1.54) is 0 Å². The molecule has 1 amide bonds. The number of rotatable bonds is 6. The monoisotopic (exact) mass is 312 g/mol. The van der Waals surface area contributed by atoms with Crippen LogP contribution in [0.15, 0.2) is 28.7 Å². The van der Waals surface area contributed by atoms with Crippen molar-refractivity contribution >= 4 is 27.5 Å². The van der Waals surface area contributed by atoms with Gasteiger partial charge in [0.25, 0.3) is 0 Å². The second-order valence-corrected chi connectivity index (χ2v) is 5.82. The first-order chi connectivity index (χ1) is 8.52. The van der Waals surface area contributed by atoms with Crippen LogP contribution in [-0.2, 0) is 4.79 Å². The highest BCUT2D eigenvalue weighted by Crippen LogP contribution is 2.22. The highest BCUT2D eigenvalue weighted by Gasteiger charge is 2.14. The number of para-hydroxylation sites is 1. The van der Waals surface area contributed by atoms with Crippen molar-refractivity contribution < 1.29 is 4.79 Å². The summed E-state index contributed by atoms with van der Waals surface area (Å²) < 4.78 is 0.895. The molecule has 0 radical (unpaired) electrons. The van der Waals surface area contributed by atoms with Crippen LogP contribution in [-0.4, -0.2) is 12.5 Å². The highest BCUT2D eigenvalue weighted by molar-refractivity contribution is 9.10. The fourth-order valence-electron chi connectivity index (χ4n) is 1.96. The van der Waals surface area contributed by atoms with E-state index < -0.39 is 0 Å². The Hall–Kier alpha value is -0.870. The number of carbonyl (C=O) groups excluding carboxylic acids is 1. The van der Waals surface area contributed by atoms with Crippen LogP contribution in [0, 0.1) is 11.8 Å². The molecule has 3 N–H and O–H groups in total. The summed E-state index contributed by atoms with van der Waals surface area (Å²) in [5.41, 5.74) is 6.51. The molecule has 3 nitrogen and oxygen atoms in total. The molecule has 0 aliphatic rings. The largest absolute Gasteiger partial charge is 0.330 e. The molecule has 1 aromatic rings. The lowest BCUT2D eigenvalue weighted by atomic mass is 9.94. The molecule has 100 valence electrons. The first-order valence-electron chi connectivity index (χ1n) is 6.27. The van der Waals surface area contributed by atoms with Crippen molar-refractivity contribution in [3.05, 3.63) is 28.7 Å². The molecule has 4 heteroatoms. The number of anilines is 1. The van der Waals surface area contributed by atoms with Crippen molar-refractivity contribution in [1.29, 1.82) is 0 Å². The Bertz CT molecular complexity index is 393. The SMILES string of the molecule is CC(C)C[C@H](CN)CC(=O)Nc1ccccc1Br. The minimum Gasteiger partial charge on any atom is -0.330 e. The van der Waals surface area contributed by atoms with Gasteiger partial charge in [-0.3, -0.25) is 4.79 Å². The zero-order valence-corrected chi connectivity index (χ0v) is 12.5. The Labute approximate surface area is 117 Å². The molecule has 0 bridgehead atoms. The zero-order chi connectivity index (χ0) is 13.5. The van der Waals surface area contributed by atoms with E-state index in [4.69, 9.17) is 5.73 Å². The molecule has 0 unspecified atom stereocenters. The quantitative estimate of drug-likeness (QED) is 0.846. The topological polar surface area (TPSA) is 55.1 Å². The summed E-state index contributed by atoms with van der Waals surface area (Å²) in [6, 6.07) is 7.60. The van der Waals surface area contributed by atoms with Crippen LogP contribution in [0.5, 0.6) is 0 Å². The Balaban J connectivity index is 2.53. The zero-order valence-electron chi connectivity index (χ0n) is 10.9. The second-order valence-electron chi connectivity index (χ2n) is 4.96. The molecule has 18 heavy (non-hydrogen) atoms. The van der Waals surface area contributed by atoms with E-state index in [0.29, 0.717) is 18.9 Å². The third kappa shape index (κ3) is 5.19. The van der Waals surface area contributed by atoms with Gasteiger partial charge in [0.05, 0.1) is 5.69 Å². The first-order valence-corrected chi connectivity index (χ1v) is 7.06. The molecular formula is C14H21BrN2O. The summed E-state index contributed by atoms with van der Waals surface area (Å²) in [7, 11) is 0. The Kier molecular flexibility index (Phi) is 6.36. The van der Waals surface area contributed by atoms with Gasteiger partial charge in [-0.15, -0.1) is 0 Å². The van der Waals surface area contributed by atoms with E-state index in [1.807, 2.05) is 24.3 Å². The molecule has 0 saturated carbocycles. The molecule has 1 atom stereocenters. The lowest BCUT2D eigenvalue weighted by Gasteiger charge is -2.16. The Morgan fingerprint density at radius 1 is 1.39 bits per heavy atom. The van der Waals surface area contributed by atoms with Gasteiger partial charge in [-0.05, 0) is 52.9 Å². The smallest absolute Gasteiger partial charge is 0.224 e. The standard InChI is InChI=1S/C14H21BrN2O/c1-10(2)7-11(9-16)8-14(18)17-13-6-4-3-5-12(13)15/h3-6,10-11H,7-9,16H2,1-2H3,(H,17,18)/t11-/m0/s1. The average molecular weight is 313 g/mol. The Morgan fingerprint density at radius 2 is 2.06 bits per heavy atom. The average Bonchev–Trinajstić information content (AvgIpc) is 2.30. The molecule has 0 aliphatic carbocycles. The molecule has 1 aromatic carbocycles. The van der Waals surface area contributed by atoms with Crippen LogP contribution in [0.3, 0.4) is 0 Å². The molecule has 0 aliphatic heterocycles. The minimum absolute atomic E-state index is 0.0259. The van der Waals surface area contributed by atoms with Crippen LogP contribution >= 0.6 is 15.9 Å². The number of nitrogens with two attached hydrogens (primary N) is 1. The lowest BCUT2D eigenvalue weighted by molar-refractivity contribution is -0.117. The molecule has 0 heterocycles. The van der Waals surface area contributed by atoms with Crippen LogP contribution in [0.4, 0.5) is 5.69 Å². The predicted octanol–water partition coefficient (Wildman–Crippen LogP) is 3.40. The number of carbonyl (C=O) groups is 1. The molecule has 0 fully saturated rings. The fourth-order valence-corrected chi connectivity index (χ4v) is 2.34. The van der Waals surface area contributed by atoms with Crippen LogP contribution < -0.4 is 11.1 Å². The van der Waals surface area contributed by atoms with E-state index in [2.05, 4.69) is 35.1 Å². The van der Waals surface area contributed by atoms with Crippen molar-refractivity contribution in [3.8, 4) is 0 Å². The van der Waals surface area contributed by atoms with Crippen molar-refractivity contribution in [2.75, 3.05) is 11.9 Å². The van der Waals surface area contributed by atoms with Gasteiger partial charge < -0.3 is 11.1 Å². The maximum Gasteiger partial charge on any atom is 0.224 e. The number of halogens is 1. The normalized spacial score (nSPS) is 12.5. The van der Waals surface area contributed by atoms with Crippen LogP contribution in [0.25, 0.3) is 0 Å². The first kappa shape index (κ1) is 15.2. The van der Waals surface area contributed by atoms with E-state index in [9.17, 15) is 4.79 Å². The highest BCUT2D eigenvalue weighted by atomic mass is 79.9. The summed E-state index contributed by atoms with van der Waals surface area (Å²) >= 11 is 3.41. The van der Waals surface area contributed by atoms with Gasteiger partial charge >= 0.3 is 0 Å². The number of hydrogen-bond donors (Lipinski definition) is 2. The fraction of sp³-hybridized carbons (Fsp3) is 0.500. The van der Waals surface area contributed by atoms with Gasteiger partial charge in [-0.2, -0.15) is 0 Å². The minimum atomic E-state index is 0.0259. The Morgan fingerprint density at radius 3 is 2.61 bits per heavy atom. The molecular weight excluding hydrogens is 292 g/mol. The number of nitrogens with one attached hydrogen (secondary N) is 1. The van der Waals surface area contributed by atoms with Crippen LogP contribution in [0.2, 0.25) is 0 Å². The maximum absolute atomic E-state index is 11.9. The van der Waals surface area contributed by atoms with E-state index >= 15 is 0 Å². The maximum atomic E-state index is 11.9. The lowest BCUT2D eigenvalue weighted by Crippen LogP contribution is -2.23. The van der Waals surface area contributed by atoms with Crippen molar-refractivity contribution in [2.45, 2.75) is 26.7 Å². The van der Waals surface area contributed by atoms with Gasteiger partial charge in [0.1, 0.15) is 0 Å². The van der Waals surface area contributed by atoms with Gasteiger partial charge in [-0.25, -0.2) is 0 Å². The number of amides is 1. The van der Waals surface area contributed by atoms with Crippen LogP contribution in [0.1, 0.15) is 26.7 Å². The third-order valence-electron chi connectivity index (χ3n) is 2.76. The third-order valence-corrected chi connectivity index (χ3v) is 3.45. The second kappa shape index (κ2) is 7.54. The molecule has 0 spiro atoms. The summed E-state index contributed by atoms with van der Waals surface area (Å²) in [6.07, 6.45) is 1.47. The van der Waals surface area contributed by atoms with Crippen molar-refractivity contribution in [2.24, 2.45) is 17.6 Å². The van der Waals surface area contributed by atoms with E-state index in [0.717, 1.165) is 16.6 Å². The van der Waals surface area contributed by atoms with Gasteiger partial charge in [-0.1, -0.05) is 26.0 Å².